The summed E-state index contributed by atoms with van der Waals surface area (Å²) in [6, 6.07) is 6.91. The molecule has 1 aromatic rings. The van der Waals surface area contributed by atoms with E-state index in [1.54, 1.807) is 7.11 Å². The highest BCUT2D eigenvalue weighted by Crippen LogP contribution is 2.26. The Kier molecular flexibility index (Phi) is 5.21. The summed E-state index contributed by atoms with van der Waals surface area (Å²) in [5.41, 5.74) is 2.88. The normalized spacial score (nSPS) is 13.4. The van der Waals surface area contributed by atoms with Gasteiger partial charge in [-0.15, -0.1) is 0 Å². The predicted octanol–water partition coefficient (Wildman–Crippen LogP) is 3.57. The second-order valence-electron chi connectivity index (χ2n) is 6.06. The molecule has 1 N–H and O–H groups in total. The molecule has 1 rings (SSSR count). The average Bonchev–Trinajstić information content (AvgIpc) is 2.28. The molecule has 0 heterocycles. The summed E-state index contributed by atoms with van der Waals surface area (Å²) in [6.45, 7) is 8.97. The number of methoxy groups -OCH3 is 1. The van der Waals surface area contributed by atoms with Gasteiger partial charge in [0.2, 0.25) is 0 Å². The van der Waals surface area contributed by atoms with Crippen LogP contribution in [0.25, 0.3) is 0 Å². The van der Waals surface area contributed by atoms with E-state index in [-0.39, 0.29) is 5.41 Å². The fourth-order valence-corrected chi connectivity index (χ4v) is 2.41. The van der Waals surface area contributed by atoms with Crippen LogP contribution in [0.1, 0.15) is 38.3 Å². The van der Waals surface area contributed by atoms with Crippen LogP contribution in [0.15, 0.2) is 18.2 Å². The minimum atomic E-state index is 0.284. The lowest BCUT2D eigenvalue weighted by Gasteiger charge is -2.30. The lowest BCUT2D eigenvalue weighted by atomic mass is 9.83. The van der Waals surface area contributed by atoms with Gasteiger partial charge >= 0.3 is 0 Å². The van der Waals surface area contributed by atoms with Crippen molar-refractivity contribution in [1.29, 1.82) is 0 Å². The summed E-state index contributed by atoms with van der Waals surface area (Å²) in [5, 5.41) is 3.42. The van der Waals surface area contributed by atoms with Crippen molar-refractivity contribution in [3.05, 3.63) is 29.3 Å². The fourth-order valence-electron chi connectivity index (χ4n) is 2.41. The Balaban J connectivity index is 2.76. The van der Waals surface area contributed by atoms with Crippen molar-refractivity contribution >= 4 is 0 Å². The van der Waals surface area contributed by atoms with E-state index in [4.69, 9.17) is 4.74 Å². The molecule has 18 heavy (non-hydrogen) atoms. The largest absolute Gasteiger partial charge is 0.496 e. The van der Waals surface area contributed by atoms with Gasteiger partial charge < -0.3 is 10.1 Å². The highest BCUT2D eigenvalue weighted by Gasteiger charge is 2.22. The van der Waals surface area contributed by atoms with Crippen LogP contribution in [-0.2, 0) is 6.42 Å². The second-order valence-corrected chi connectivity index (χ2v) is 6.06. The maximum absolute atomic E-state index is 5.43. The predicted molar refractivity (Wildman–Crippen MR) is 78.4 cm³/mol. The molecule has 0 spiro atoms. The Labute approximate surface area is 112 Å². The molecule has 0 aromatic heterocycles. The fraction of sp³-hybridized carbons (Fsp3) is 0.625. The first kappa shape index (κ1) is 15.0. The number of benzene rings is 1. The molecule has 0 aliphatic heterocycles. The molecule has 2 nitrogen and oxygen atoms in total. The molecule has 102 valence electrons. The van der Waals surface area contributed by atoms with E-state index in [1.807, 2.05) is 7.05 Å². The van der Waals surface area contributed by atoms with Crippen LogP contribution in [0, 0.1) is 12.3 Å². The molecule has 2 heteroatoms. The number of hydrogen-bond donors (Lipinski definition) is 1. The van der Waals surface area contributed by atoms with Crippen LogP contribution >= 0.6 is 0 Å². The Bertz CT molecular complexity index is 379. The Morgan fingerprint density at radius 1 is 1.28 bits per heavy atom. The van der Waals surface area contributed by atoms with Gasteiger partial charge in [-0.3, -0.25) is 0 Å². The highest BCUT2D eigenvalue weighted by molar-refractivity contribution is 5.37. The Morgan fingerprint density at radius 2 is 1.94 bits per heavy atom. The van der Waals surface area contributed by atoms with Crippen molar-refractivity contribution in [2.24, 2.45) is 5.41 Å². The molecule has 0 saturated heterocycles. The monoisotopic (exact) mass is 249 g/mol. The lowest BCUT2D eigenvalue weighted by molar-refractivity contribution is 0.267. The third-order valence-corrected chi connectivity index (χ3v) is 3.53. The van der Waals surface area contributed by atoms with Gasteiger partial charge in [-0.1, -0.05) is 38.5 Å². The molecular formula is C16H27NO. The third kappa shape index (κ3) is 4.02. The number of ether oxygens (including phenoxy) is 1. The van der Waals surface area contributed by atoms with E-state index in [0.717, 1.165) is 18.6 Å². The zero-order valence-corrected chi connectivity index (χ0v) is 12.6. The zero-order valence-electron chi connectivity index (χ0n) is 12.6. The average molecular weight is 249 g/mol. The van der Waals surface area contributed by atoms with Crippen molar-refractivity contribution < 1.29 is 4.74 Å². The summed E-state index contributed by atoms with van der Waals surface area (Å²) < 4.78 is 5.43. The Morgan fingerprint density at radius 3 is 2.44 bits per heavy atom. The minimum Gasteiger partial charge on any atom is -0.496 e. The van der Waals surface area contributed by atoms with Gasteiger partial charge in [0.05, 0.1) is 7.11 Å². The molecule has 0 aliphatic rings. The first-order valence-electron chi connectivity index (χ1n) is 6.69. The van der Waals surface area contributed by atoms with E-state index in [2.05, 4.69) is 51.2 Å². The molecule has 1 unspecified atom stereocenters. The van der Waals surface area contributed by atoms with Crippen LogP contribution in [0.4, 0.5) is 0 Å². The first-order valence-corrected chi connectivity index (χ1v) is 6.69. The van der Waals surface area contributed by atoms with Gasteiger partial charge in [-0.2, -0.15) is 0 Å². The molecule has 1 aromatic carbocycles. The molecule has 0 fully saturated rings. The molecule has 0 radical (unpaired) electrons. The van der Waals surface area contributed by atoms with E-state index >= 15 is 0 Å². The van der Waals surface area contributed by atoms with Crippen molar-refractivity contribution in [3.63, 3.8) is 0 Å². The van der Waals surface area contributed by atoms with Crippen LogP contribution < -0.4 is 10.1 Å². The molecule has 0 amide bonds. The smallest absolute Gasteiger partial charge is 0.122 e. The van der Waals surface area contributed by atoms with Crippen LogP contribution in [-0.4, -0.2) is 20.2 Å². The number of hydrogen-bond acceptors (Lipinski definition) is 2. The second kappa shape index (κ2) is 6.24. The van der Waals surface area contributed by atoms with Gasteiger partial charge in [0, 0.05) is 6.04 Å². The third-order valence-electron chi connectivity index (χ3n) is 3.53. The van der Waals surface area contributed by atoms with Crippen LogP contribution in [0.5, 0.6) is 5.75 Å². The van der Waals surface area contributed by atoms with Gasteiger partial charge in [0.1, 0.15) is 5.75 Å². The summed E-state index contributed by atoms with van der Waals surface area (Å²) in [5.74, 6) is 1.00. The van der Waals surface area contributed by atoms with Crippen molar-refractivity contribution in [2.75, 3.05) is 14.2 Å². The van der Waals surface area contributed by atoms with Crippen LogP contribution in [0.2, 0.25) is 0 Å². The van der Waals surface area contributed by atoms with E-state index in [9.17, 15) is 0 Å². The maximum Gasteiger partial charge on any atom is 0.122 e. The quantitative estimate of drug-likeness (QED) is 0.861. The first-order chi connectivity index (χ1) is 8.38. The van der Waals surface area contributed by atoms with E-state index < -0.39 is 0 Å². The van der Waals surface area contributed by atoms with Crippen molar-refractivity contribution in [3.8, 4) is 5.75 Å². The van der Waals surface area contributed by atoms with E-state index in [0.29, 0.717) is 6.04 Å². The van der Waals surface area contributed by atoms with Crippen LogP contribution in [0.3, 0.4) is 0 Å². The number of aryl methyl sites for hydroxylation is 2. The number of rotatable bonds is 5. The molecule has 1 atom stereocenters. The maximum atomic E-state index is 5.43. The SMILES string of the molecule is CNC(CCc1cc(C)ccc1OC)C(C)(C)C. The van der Waals surface area contributed by atoms with Crippen molar-refractivity contribution in [2.45, 2.75) is 46.6 Å². The molecular weight excluding hydrogens is 222 g/mol. The van der Waals surface area contributed by atoms with Gasteiger partial charge in [-0.05, 0) is 43.9 Å². The zero-order chi connectivity index (χ0) is 13.8. The Hall–Kier alpha value is -1.02. The minimum absolute atomic E-state index is 0.284. The number of nitrogens with one attached hydrogen (secondary N) is 1. The van der Waals surface area contributed by atoms with E-state index in [1.165, 1.54) is 11.1 Å². The summed E-state index contributed by atoms with van der Waals surface area (Å²) >= 11 is 0. The molecule has 0 bridgehead atoms. The standard InChI is InChI=1S/C16H27NO/c1-12-7-9-14(18-6)13(11-12)8-10-15(17-5)16(2,3)4/h7,9,11,15,17H,8,10H2,1-6H3. The van der Waals surface area contributed by atoms with Gasteiger partial charge in [0.15, 0.2) is 0 Å². The van der Waals surface area contributed by atoms with Crippen molar-refractivity contribution in [1.82, 2.24) is 5.32 Å². The lowest BCUT2D eigenvalue weighted by Crippen LogP contribution is -2.38. The summed E-state index contributed by atoms with van der Waals surface area (Å²) in [4.78, 5) is 0. The highest BCUT2D eigenvalue weighted by atomic mass is 16.5. The molecule has 0 aliphatic carbocycles. The topological polar surface area (TPSA) is 21.3 Å². The molecule has 0 saturated carbocycles. The summed E-state index contributed by atoms with van der Waals surface area (Å²) in [6.07, 6.45) is 2.17. The van der Waals surface area contributed by atoms with Gasteiger partial charge in [0.25, 0.3) is 0 Å². The summed E-state index contributed by atoms with van der Waals surface area (Å²) in [7, 11) is 3.79. The van der Waals surface area contributed by atoms with Gasteiger partial charge in [-0.25, -0.2) is 0 Å².